The molecule has 1 fully saturated rings. The molecule has 1 saturated heterocycles. The Morgan fingerprint density at radius 3 is 2.56 bits per heavy atom. The Kier molecular flexibility index (Phi) is 12.6. The number of benzene rings is 1. The topological polar surface area (TPSA) is 66.3 Å². The Morgan fingerprint density at radius 1 is 1.22 bits per heavy atom. The van der Waals surface area contributed by atoms with Crippen molar-refractivity contribution in [1.29, 1.82) is 0 Å². The summed E-state index contributed by atoms with van der Waals surface area (Å²) in [5, 5.41) is 12.9. The first-order chi connectivity index (χ1) is 12.8. The van der Waals surface area contributed by atoms with E-state index in [-0.39, 0.29) is 30.6 Å². The first-order valence-corrected chi connectivity index (χ1v) is 9.60. The maximum atomic E-state index is 9.47. The van der Waals surface area contributed by atoms with Crippen LogP contribution in [0.5, 0.6) is 0 Å². The van der Waals surface area contributed by atoms with Crippen LogP contribution in [0.4, 0.5) is 0 Å². The number of methoxy groups -OCH3 is 1. The van der Waals surface area contributed by atoms with Crippen LogP contribution in [-0.2, 0) is 22.6 Å². The standard InChI is InChI=1S/C20H33N3O3.HI/c1-3-21-20(22-15-17-7-4-5-8-18(17)16-24)23-11-9-19(10-12-23)26-14-6-13-25-2;/h4-5,7-8,19,24H,3,6,9-16H2,1-2H3,(H,21,22);1H. The van der Waals surface area contributed by atoms with Gasteiger partial charge in [0.25, 0.3) is 0 Å². The summed E-state index contributed by atoms with van der Waals surface area (Å²) in [6.45, 7) is 6.97. The van der Waals surface area contributed by atoms with Crippen molar-refractivity contribution in [3.8, 4) is 0 Å². The number of aliphatic imine (C=N–C) groups is 1. The molecule has 2 N–H and O–H groups in total. The number of nitrogens with one attached hydrogen (secondary N) is 1. The van der Waals surface area contributed by atoms with E-state index in [2.05, 4.69) is 17.1 Å². The maximum Gasteiger partial charge on any atom is 0.194 e. The van der Waals surface area contributed by atoms with Crippen LogP contribution in [0.25, 0.3) is 0 Å². The monoisotopic (exact) mass is 491 g/mol. The van der Waals surface area contributed by atoms with Gasteiger partial charge >= 0.3 is 0 Å². The van der Waals surface area contributed by atoms with Gasteiger partial charge in [-0.25, -0.2) is 4.99 Å². The normalized spacial score (nSPS) is 15.5. The van der Waals surface area contributed by atoms with Gasteiger partial charge in [-0.1, -0.05) is 24.3 Å². The lowest BCUT2D eigenvalue weighted by atomic mass is 10.1. The van der Waals surface area contributed by atoms with Crippen molar-refractivity contribution in [2.24, 2.45) is 4.99 Å². The quantitative estimate of drug-likeness (QED) is 0.241. The highest BCUT2D eigenvalue weighted by atomic mass is 127. The number of piperidine rings is 1. The summed E-state index contributed by atoms with van der Waals surface area (Å²) < 4.78 is 11.0. The number of guanidine groups is 1. The molecule has 0 radical (unpaired) electrons. The lowest BCUT2D eigenvalue weighted by molar-refractivity contribution is 0.00990. The summed E-state index contributed by atoms with van der Waals surface area (Å²) in [6.07, 6.45) is 3.32. The molecule has 1 heterocycles. The van der Waals surface area contributed by atoms with Gasteiger partial charge in [-0.15, -0.1) is 24.0 Å². The van der Waals surface area contributed by atoms with E-state index in [9.17, 15) is 5.11 Å². The second-order valence-electron chi connectivity index (χ2n) is 6.50. The molecular weight excluding hydrogens is 457 g/mol. The van der Waals surface area contributed by atoms with E-state index >= 15 is 0 Å². The minimum Gasteiger partial charge on any atom is -0.392 e. The fraction of sp³-hybridized carbons (Fsp3) is 0.650. The van der Waals surface area contributed by atoms with Gasteiger partial charge in [0, 0.05) is 40.0 Å². The molecule has 0 bridgehead atoms. The van der Waals surface area contributed by atoms with Gasteiger partial charge in [-0.05, 0) is 37.3 Å². The molecule has 1 aromatic carbocycles. The van der Waals surface area contributed by atoms with Gasteiger partial charge in [-0.2, -0.15) is 0 Å². The molecule has 1 aliphatic rings. The number of halogens is 1. The second-order valence-corrected chi connectivity index (χ2v) is 6.50. The predicted octanol–water partition coefficient (Wildman–Crippen LogP) is 2.78. The molecule has 27 heavy (non-hydrogen) atoms. The SMILES string of the molecule is CCNC(=NCc1ccccc1CO)N1CCC(OCCCOC)CC1.I. The van der Waals surface area contributed by atoms with E-state index < -0.39 is 0 Å². The number of ether oxygens (including phenoxy) is 2. The number of likely N-dealkylation sites (tertiary alicyclic amines) is 1. The van der Waals surface area contributed by atoms with Crippen molar-refractivity contribution in [2.75, 3.05) is 40.0 Å². The molecule has 154 valence electrons. The Labute approximate surface area is 180 Å². The number of hydrogen-bond acceptors (Lipinski definition) is 4. The summed E-state index contributed by atoms with van der Waals surface area (Å²) in [5.41, 5.74) is 2.01. The van der Waals surface area contributed by atoms with Crippen molar-refractivity contribution >= 4 is 29.9 Å². The van der Waals surface area contributed by atoms with Crippen LogP contribution in [0.3, 0.4) is 0 Å². The number of aliphatic hydroxyl groups excluding tert-OH is 1. The van der Waals surface area contributed by atoms with Crippen molar-refractivity contribution in [2.45, 2.75) is 45.4 Å². The van der Waals surface area contributed by atoms with E-state index in [0.29, 0.717) is 12.6 Å². The first kappa shape index (κ1) is 24.1. The molecule has 1 aliphatic heterocycles. The minimum atomic E-state index is 0. The summed E-state index contributed by atoms with van der Waals surface area (Å²) in [6, 6.07) is 7.91. The van der Waals surface area contributed by atoms with Crippen LogP contribution in [0.1, 0.15) is 37.3 Å². The maximum absolute atomic E-state index is 9.47. The van der Waals surface area contributed by atoms with Crippen molar-refractivity contribution in [1.82, 2.24) is 10.2 Å². The molecule has 7 heteroatoms. The smallest absolute Gasteiger partial charge is 0.194 e. The molecule has 0 atom stereocenters. The van der Waals surface area contributed by atoms with Gasteiger partial charge in [0.15, 0.2) is 5.96 Å². The summed E-state index contributed by atoms with van der Waals surface area (Å²) in [7, 11) is 1.72. The van der Waals surface area contributed by atoms with Crippen molar-refractivity contribution in [3.05, 3.63) is 35.4 Å². The fourth-order valence-electron chi connectivity index (χ4n) is 3.14. The number of rotatable bonds is 9. The highest BCUT2D eigenvalue weighted by Crippen LogP contribution is 2.15. The Hall–Kier alpha value is -0.900. The molecular formula is C20H34IN3O3. The highest BCUT2D eigenvalue weighted by molar-refractivity contribution is 14.0. The lowest BCUT2D eigenvalue weighted by Gasteiger charge is -2.34. The third-order valence-electron chi connectivity index (χ3n) is 4.61. The average Bonchev–Trinajstić information content (AvgIpc) is 2.69. The third-order valence-corrected chi connectivity index (χ3v) is 4.61. The van der Waals surface area contributed by atoms with Crippen molar-refractivity contribution in [3.63, 3.8) is 0 Å². The number of hydrogen-bond donors (Lipinski definition) is 2. The summed E-state index contributed by atoms with van der Waals surface area (Å²) in [5.74, 6) is 0.943. The molecule has 1 aromatic rings. The zero-order valence-corrected chi connectivity index (χ0v) is 18.9. The molecule has 0 aliphatic carbocycles. The molecule has 0 amide bonds. The van der Waals surface area contributed by atoms with Gasteiger partial charge in [0.2, 0.25) is 0 Å². The molecule has 6 nitrogen and oxygen atoms in total. The van der Waals surface area contributed by atoms with Crippen LogP contribution in [0.15, 0.2) is 29.3 Å². The van der Waals surface area contributed by atoms with E-state index in [0.717, 1.165) is 69.2 Å². The van der Waals surface area contributed by atoms with Crippen LogP contribution in [0, 0.1) is 0 Å². The first-order valence-electron chi connectivity index (χ1n) is 9.60. The largest absolute Gasteiger partial charge is 0.392 e. The van der Waals surface area contributed by atoms with E-state index in [4.69, 9.17) is 14.5 Å². The Bertz CT molecular complexity index is 549. The zero-order valence-electron chi connectivity index (χ0n) is 16.5. The zero-order chi connectivity index (χ0) is 18.6. The third kappa shape index (κ3) is 8.33. The Morgan fingerprint density at radius 2 is 1.93 bits per heavy atom. The van der Waals surface area contributed by atoms with E-state index in [1.54, 1.807) is 7.11 Å². The molecule has 2 rings (SSSR count). The number of aliphatic hydroxyl groups is 1. The van der Waals surface area contributed by atoms with E-state index in [1.807, 2.05) is 24.3 Å². The van der Waals surface area contributed by atoms with Gasteiger partial charge in [-0.3, -0.25) is 0 Å². The molecule has 0 unspecified atom stereocenters. The average molecular weight is 491 g/mol. The fourth-order valence-corrected chi connectivity index (χ4v) is 3.14. The molecule has 0 aromatic heterocycles. The van der Waals surface area contributed by atoms with Crippen LogP contribution >= 0.6 is 24.0 Å². The van der Waals surface area contributed by atoms with Crippen LogP contribution in [0.2, 0.25) is 0 Å². The van der Waals surface area contributed by atoms with Crippen molar-refractivity contribution < 1.29 is 14.6 Å². The second kappa shape index (κ2) is 14.1. The highest BCUT2D eigenvalue weighted by Gasteiger charge is 2.21. The lowest BCUT2D eigenvalue weighted by Crippen LogP contribution is -2.47. The molecule has 0 spiro atoms. The summed E-state index contributed by atoms with van der Waals surface area (Å²) in [4.78, 5) is 7.10. The van der Waals surface area contributed by atoms with Crippen LogP contribution < -0.4 is 5.32 Å². The van der Waals surface area contributed by atoms with Gasteiger partial charge in [0.1, 0.15) is 0 Å². The van der Waals surface area contributed by atoms with E-state index in [1.165, 1.54) is 0 Å². The summed E-state index contributed by atoms with van der Waals surface area (Å²) >= 11 is 0. The number of nitrogens with zero attached hydrogens (tertiary/aromatic N) is 2. The van der Waals surface area contributed by atoms with Gasteiger partial charge < -0.3 is 24.8 Å². The molecule has 0 saturated carbocycles. The predicted molar refractivity (Wildman–Crippen MR) is 120 cm³/mol. The Balaban J connectivity index is 0.00000364. The minimum absolute atomic E-state index is 0. The van der Waals surface area contributed by atoms with Gasteiger partial charge in [0.05, 0.1) is 19.3 Å². The van der Waals surface area contributed by atoms with Crippen LogP contribution in [-0.4, -0.2) is 62.0 Å².